The Balaban J connectivity index is 0.000000150. The number of halogens is 2. The Bertz CT molecular complexity index is 1180. The van der Waals surface area contributed by atoms with Crippen molar-refractivity contribution < 1.29 is 8.83 Å². The van der Waals surface area contributed by atoms with Crippen LogP contribution in [0.2, 0.25) is 5.02 Å². The molecule has 2 heterocycles. The van der Waals surface area contributed by atoms with Crippen molar-refractivity contribution in [2.75, 3.05) is 0 Å². The van der Waals surface area contributed by atoms with Crippen LogP contribution in [-0.2, 0) is 0 Å². The summed E-state index contributed by atoms with van der Waals surface area (Å²) in [5.41, 5.74) is 1.41. The summed E-state index contributed by atoms with van der Waals surface area (Å²) in [4.78, 5) is 21.9. The Morgan fingerprint density at radius 3 is 2.44 bits per heavy atom. The first-order valence-electron chi connectivity index (χ1n) is 7.32. The van der Waals surface area contributed by atoms with Crippen molar-refractivity contribution in [1.29, 1.82) is 0 Å². The molecule has 0 aliphatic heterocycles. The molecule has 2 aromatic carbocycles. The van der Waals surface area contributed by atoms with E-state index in [1.54, 1.807) is 30.3 Å². The lowest BCUT2D eigenvalue weighted by atomic mass is 10.2. The summed E-state index contributed by atoms with van der Waals surface area (Å²) < 4.78 is 10.4. The van der Waals surface area contributed by atoms with E-state index in [1.807, 2.05) is 25.1 Å². The zero-order valence-corrected chi connectivity index (χ0v) is 15.4. The van der Waals surface area contributed by atoms with Crippen LogP contribution in [0.1, 0.15) is 5.56 Å². The van der Waals surface area contributed by atoms with E-state index < -0.39 is 0 Å². The highest BCUT2D eigenvalue weighted by Gasteiger charge is 2.04. The molecule has 6 heteroatoms. The van der Waals surface area contributed by atoms with Gasteiger partial charge < -0.3 is 8.83 Å². The van der Waals surface area contributed by atoms with Gasteiger partial charge >= 0.3 is 11.3 Å². The van der Waals surface area contributed by atoms with Crippen LogP contribution in [0.3, 0.4) is 0 Å². The SMILES string of the molecule is Cc1cc2oc(=O)c(Br)cc2cc1Cl.O=c1ccc2ccccc2o1. The van der Waals surface area contributed by atoms with Crippen molar-refractivity contribution in [3.05, 3.63) is 90.5 Å². The highest BCUT2D eigenvalue weighted by Crippen LogP contribution is 2.24. The van der Waals surface area contributed by atoms with Crippen LogP contribution in [0.5, 0.6) is 0 Å². The van der Waals surface area contributed by atoms with E-state index in [2.05, 4.69) is 15.9 Å². The number of fused-ring (bicyclic) bond motifs is 2. The van der Waals surface area contributed by atoms with Crippen molar-refractivity contribution in [2.45, 2.75) is 6.92 Å². The van der Waals surface area contributed by atoms with Crippen molar-refractivity contribution in [1.82, 2.24) is 0 Å². The van der Waals surface area contributed by atoms with E-state index in [0.29, 0.717) is 20.7 Å². The van der Waals surface area contributed by atoms with Gasteiger partial charge in [0.2, 0.25) is 0 Å². The number of hydrogen-bond acceptors (Lipinski definition) is 4. The van der Waals surface area contributed by atoms with Crippen molar-refractivity contribution in [3.63, 3.8) is 0 Å². The van der Waals surface area contributed by atoms with E-state index >= 15 is 0 Å². The molecule has 0 atom stereocenters. The number of rotatable bonds is 0. The molecule has 25 heavy (non-hydrogen) atoms. The minimum Gasteiger partial charge on any atom is -0.423 e. The van der Waals surface area contributed by atoms with Gasteiger partial charge in [-0.15, -0.1) is 0 Å². The van der Waals surface area contributed by atoms with E-state index in [9.17, 15) is 9.59 Å². The van der Waals surface area contributed by atoms with Crippen LogP contribution in [0.25, 0.3) is 21.9 Å². The van der Waals surface area contributed by atoms with Crippen molar-refractivity contribution >= 4 is 49.5 Å². The van der Waals surface area contributed by atoms with Crippen LogP contribution in [0, 0.1) is 6.92 Å². The molecule has 126 valence electrons. The molecule has 0 saturated carbocycles. The molecule has 0 aliphatic rings. The van der Waals surface area contributed by atoms with Crippen molar-refractivity contribution in [3.8, 4) is 0 Å². The highest BCUT2D eigenvalue weighted by molar-refractivity contribution is 9.10. The predicted octanol–water partition coefficient (Wildman–Crippen LogP) is 5.31. The molecule has 0 saturated heterocycles. The van der Waals surface area contributed by atoms with Crippen LogP contribution in [-0.4, -0.2) is 0 Å². The lowest BCUT2D eigenvalue weighted by Crippen LogP contribution is -1.98. The maximum absolute atomic E-state index is 11.2. The van der Waals surface area contributed by atoms with E-state index in [-0.39, 0.29) is 11.3 Å². The second-order valence-electron chi connectivity index (χ2n) is 5.31. The number of hydrogen-bond donors (Lipinski definition) is 0. The molecule has 0 fully saturated rings. The fraction of sp³-hybridized carbons (Fsp3) is 0.0526. The molecule has 0 bridgehead atoms. The van der Waals surface area contributed by atoms with Crippen LogP contribution in [0.15, 0.2) is 77.5 Å². The van der Waals surface area contributed by atoms with E-state index in [0.717, 1.165) is 16.3 Å². The molecule has 0 radical (unpaired) electrons. The van der Waals surface area contributed by atoms with E-state index in [1.165, 1.54) is 6.07 Å². The van der Waals surface area contributed by atoms with Gasteiger partial charge in [0.05, 0.1) is 0 Å². The Labute approximate surface area is 155 Å². The van der Waals surface area contributed by atoms with Gasteiger partial charge in [-0.1, -0.05) is 29.8 Å². The first kappa shape index (κ1) is 17.5. The summed E-state index contributed by atoms with van der Waals surface area (Å²) in [5, 5.41) is 2.43. The average Bonchev–Trinajstić information content (AvgIpc) is 2.58. The lowest BCUT2D eigenvalue weighted by Gasteiger charge is -2.00. The summed E-state index contributed by atoms with van der Waals surface area (Å²) in [6, 6.07) is 15.8. The third-order valence-corrected chi connectivity index (χ3v) is 4.46. The highest BCUT2D eigenvalue weighted by atomic mass is 79.9. The van der Waals surface area contributed by atoms with E-state index in [4.69, 9.17) is 20.4 Å². The topological polar surface area (TPSA) is 60.4 Å². The van der Waals surface area contributed by atoms with Gasteiger partial charge in [0.15, 0.2) is 0 Å². The van der Waals surface area contributed by atoms with Crippen molar-refractivity contribution in [2.24, 2.45) is 0 Å². The normalized spacial score (nSPS) is 10.5. The maximum atomic E-state index is 11.2. The van der Waals surface area contributed by atoms with Crippen LogP contribution >= 0.6 is 27.5 Å². The fourth-order valence-corrected chi connectivity index (χ4v) is 2.73. The minimum absolute atomic E-state index is 0.302. The Kier molecular flexibility index (Phi) is 5.06. The Hall–Kier alpha value is -2.37. The number of benzene rings is 2. The third kappa shape index (κ3) is 4.00. The summed E-state index contributed by atoms with van der Waals surface area (Å²) in [6.07, 6.45) is 0. The van der Waals surface area contributed by atoms with Gasteiger partial charge in [0.1, 0.15) is 15.6 Å². The fourth-order valence-electron chi connectivity index (χ4n) is 2.23. The molecule has 4 aromatic rings. The predicted molar refractivity (Wildman–Crippen MR) is 102 cm³/mol. The number of para-hydroxylation sites is 1. The molecule has 4 nitrogen and oxygen atoms in total. The molecule has 4 rings (SSSR count). The molecule has 0 N–H and O–H groups in total. The lowest BCUT2D eigenvalue weighted by molar-refractivity contribution is 0.556. The standard InChI is InChI=1S/C10H6BrClO2.C9H6O2/c1-5-2-9-6(4-8(5)12)3-7(11)10(13)14-9;10-9-6-5-7-3-1-2-4-8(7)11-9/h2-4H,1H3;1-6H. The number of aryl methyl sites for hydroxylation is 1. The smallest absolute Gasteiger partial charge is 0.350 e. The second-order valence-corrected chi connectivity index (χ2v) is 6.57. The Morgan fingerprint density at radius 2 is 1.64 bits per heavy atom. The van der Waals surface area contributed by atoms with Gasteiger partial charge in [-0.3, -0.25) is 0 Å². The minimum atomic E-state index is -0.376. The molecule has 0 amide bonds. The van der Waals surface area contributed by atoms with Gasteiger partial charge in [-0.05, 0) is 58.7 Å². The first-order chi connectivity index (χ1) is 11.9. The Morgan fingerprint density at radius 1 is 0.880 bits per heavy atom. The molecular formula is C19H12BrClO4. The molecular weight excluding hydrogens is 408 g/mol. The van der Waals surface area contributed by atoms with Crippen LogP contribution in [0.4, 0.5) is 0 Å². The summed E-state index contributed by atoms with van der Waals surface area (Å²) in [5.74, 6) is 0. The second kappa shape index (κ2) is 7.25. The van der Waals surface area contributed by atoms with Crippen LogP contribution < -0.4 is 11.3 Å². The summed E-state index contributed by atoms with van der Waals surface area (Å²) in [7, 11) is 0. The summed E-state index contributed by atoms with van der Waals surface area (Å²) in [6.45, 7) is 1.86. The molecule has 2 aromatic heterocycles. The quantitative estimate of drug-likeness (QED) is 0.362. The molecule has 0 spiro atoms. The molecule has 0 unspecified atom stereocenters. The maximum Gasteiger partial charge on any atom is 0.350 e. The molecule has 0 aliphatic carbocycles. The first-order valence-corrected chi connectivity index (χ1v) is 8.49. The monoisotopic (exact) mass is 418 g/mol. The largest absolute Gasteiger partial charge is 0.423 e. The van der Waals surface area contributed by atoms with Gasteiger partial charge in [-0.2, -0.15) is 0 Å². The third-order valence-electron chi connectivity index (χ3n) is 3.50. The zero-order valence-electron chi connectivity index (χ0n) is 13.1. The van der Waals surface area contributed by atoms with Gasteiger partial charge in [-0.25, -0.2) is 9.59 Å². The average molecular weight is 420 g/mol. The van der Waals surface area contributed by atoms with Gasteiger partial charge in [0.25, 0.3) is 0 Å². The van der Waals surface area contributed by atoms with Gasteiger partial charge in [0, 0.05) is 21.9 Å². The zero-order chi connectivity index (χ0) is 18.0. The summed E-state index contributed by atoms with van der Waals surface area (Å²) >= 11 is 9.05.